The smallest absolute Gasteiger partial charge is 0.225 e. The average molecular weight is 337 g/mol. The van der Waals surface area contributed by atoms with Crippen LogP contribution in [-0.2, 0) is 6.54 Å². The third-order valence-corrected chi connectivity index (χ3v) is 4.12. The summed E-state index contributed by atoms with van der Waals surface area (Å²) < 4.78 is 5.32. The maximum Gasteiger partial charge on any atom is 0.225 e. The van der Waals surface area contributed by atoms with E-state index in [1.165, 1.54) is 0 Å². The van der Waals surface area contributed by atoms with Crippen LogP contribution in [0.2, 0.25) is 0 Å². The van der Waals surface area contributed by atoms with Crippen LogP contribution in [0.3, 0.4) is 0 Å². The second-order valence-electron chi connectivity index (χ2n) is 5.72. The third kappa shape index (κ3) is 3.68. The summed E-state index contributed by atoms with van der Waals surface area (Å²) in [7, 11) is 0. The van der Waals surface area contributed by atoms with Crippen molar-refractivity contribution < 1.29 is 4.42 Å². The van der Waals surface area contributed by atoms with E-state index in [0.717, 1.165) is 49.5 Å². The molecule has 0 radical (unpaired) electrons. The summed E-state index contributed by atoms with van der Waals surface area (Å²) in [6.45, 7) is 4.06. The highest BCUT2D eigenvalue weighted by molar-refractivity contribution is 5.49. The zero-order valence-electron chi connectivity index (χ0n) is 13.7. The van der Waals surface area contributed by atoms with Crippen molar-refractivity contribution >= 4 is 17.6 Å². The Bertz CT molecular complexity index is 786. The average Bonchev–Trinajstić information content (AvgIpc) is 3.21. The van der Waals surface area contributed by atoms with Crippen molar-refractivity contribution in [3.63, 3.8) is 0 Å². The monoisotopic (exact) mass is 337 g/mol. The summed E-state index contributed by atoms with van der Waals surface area (Å²) in [4.78, 5) is 21.7. The highest BCUT2D eigenvalue weighted by atomic mass is 16.3. The van der Waals surface area contributed by atoms with Crippen LogP contribution in [0.25, 0.3) is 0 Å². The van der Waals surface area contributed by atoms with Crippen molar-refractivity contribution in [1.82, 2.24) is 19.9 Å². The minimum absolute atomic E-state index is 0.600. The number of rotatable bonds is 5. The quantitative estimate of drug-likeness (QED) is 0.754. The Balaban J connectivity index is 1.37. The molecule has 0 unspecified atom stereocenters. The van der Waals surface area contributed by atoms with Gasteiger partial charge in [0.25, 0.3) is 0 Å². The van der Waals surface area contributed by atoms with E-state index in [-0.39, 0.29) is 0 Å². The number of furan rings is 1. The first kappa shape index (κ1) is 15.4. The van der Waals surface area contributed by atoms with Gasteiger partial charge in [0.15, 0.2) is 0 Å². The molecule has 0 amide bonds. The molecule has 8 nitrogen and oxygen atoms in total. The van der Waals surface area contributed by atoms with E-state index < -0.39 is 0 Å². The second kappa shape index (κ2) is 7.16. The van der Waals surface area contributed by atoms with Crippen molar-refractivity contribution in [3.05, 3.63) is 55.0 Å². The van der Waals surface area contributed by atoms with Gasteiger partial charge in [-0.05, 0) is 18.2 Å². The lowest BCUT2D eigenvalue weighted by Gasteiger charge is -2.35. The maximum atomic E-state index is 5.32. The lowest BCUT2D eigenvalue weighted by Crippen LogP contribution is -2.47. The maximum absolute atomic E-state index is 5.32. The predicted molar refractivity (Wildman–Crippen MR) is 94.5 cm³/mol. The minimum atomic E-state index is 0.600. The lowest BCUT2D eigenvalue weighted by atomic mass is 10.3. The van der Waals surface area contributed by atoms with E-state index in [9.17, 15) is 0 Å². The molecule has 3 aromatic rings. The second-order valence-corrected chi connectivity index (χ2v) is 5.72. The van der Waals surface area contributed by atoms with Gasteiger partial charge in [-0.15, -0.1) is 0 Å². The summed E-state index contributed by atoms with van der Waals surface area (Å²) in [5.41, 5.74) is 0. The third-order valence-electron chi connectivity index (χ3n) is 4.12. The Morgan fingerprint density at radius 2 is 1.76 bits per heavy atom. The van der Waals surface area contributed by atoms with Gasteiger partial charge in [-0.2, -0.15) is 0 Å². The molecular weight excluding hydrogens is 318 g/mol. The summed E-state index contributed by atoms with van der Waals surface area (Å²) in [6, 6.07) is 7.60. The fraction of sp³-hybridized carbons (Fsp3) is 0.294. The van der Waals surface area contributed by atoms with Gasteiger partial charge >= 0.3 is 0 Å². The Hall–Kier alpha value is -3.16. The molecule has 0 aromatic carbocycles. The van der Waals surface area contributed by atoms with Crippen LogP contribution >= 0.6 is 0 Å². The molecule has 0 spiro atoms. The van der Waals surface area contributed by atoms with Crippen molar-refractivity contribution in [2.45, 2.75) is 6.54 Å². The van der Waals surface area contributed by atoms with Gasteiger partial charge in [0, 0.05) is 44.6 Å². The standard InChI is InChI=1S/C17H19N7O/c1-3-14(25-10-1)12-20-15-11-16(22-13-21-15)23-6-8-24(9-7-23)17-18-4-2-5-19-17/h1-5,10-11,13H,6-9,12H2,(H,20,21,22). The number of anilines is 3. The fourth-order valence-electron chi connectivity index (χ4n) is 2.80. The molecule has 0 bridgehead atoms. The van der Waals surface area contributed by atoms with E-state index in [1.54, 1.807) is 25.0 Å². The molecular formula is C17H19N7O. The van der Waals surface area contributed by atoms with Gasteiger partial charge in [-0.25, -0.2) is 19.9 Å². The van der Waals surface area contributed by atoms with Crippen LogP contribution < -0.4 is 15.1 Å². The van der Waals surface area contributed by atoms with E-state index in [1.807, 2.05) is 24.3 Å². The molecule has 1 N–H and O–H groups in total. The molecule has 1 aliphatic heterocycles. The zero-order chi connectivity index (χ0) is 16.9. The number of aromatic nitrogens is 4. The van der Waals surface area contributed by atoms with Crippen molar-refractivity contribution in [2.24, 2.45) is 0 Å². The molecule has 128 valence electrons. The largest absolute Gasteiger partial charge is 0.467 e. The molecule has 0 aliphatic carbocycles. The topological polar surface area (TPSA) is 83.2 Å². The summed E-state index contributed by atoms with van der Waals surface area (Å²) >= 11 is 0. The first-order valence-corrected chi connectivity index (χ1v) is 8.24. The van der Waals surface area contributed by atoms with Gasteiger partial charge in [0.05, 0.1) is 12.8 Å². The molecule has 1 saturated heterocycles. The first-order valence-electron chi connectivity index (χ1n) is 8.24. The van der Waals surface area contributed by atoms with Crippen LogP contribution in [0.4, 0.5) is 17.6 Å². The predicted octanol–water partition coefficient (Wildman–Crippen LogP) is 1.80. The van der Waals surface area contributed by atoms with E-state index >= 15 is 0 Å². The molecule has 0 atom stereocenters. The molecule has 4 rings (SSSR count). The van der Waals surface area contributed by atoms with Gasteiger partial charge < -0.3 is 19.5 Å². The number of hydrogen-bond donors (Lipinski definition) is 1. The summed E-state index contributed by atoms with van der Waals surface area (Å²) in [5.74, 6) is 3.36. The molecule has 8 heteroatoms. The molecule has 1 fully saturated rings. The summed E-state index contributed by atoms with van der Waals surface area (Å²) in [5, 5.41) is 3.26. The van der Waals surface area contributed by atoms with Crippen molar-refractivity contribution in [3.8, 4) is 0 Å². The normalized spacial score (nSPS) is 14.6. The molecule has 3 aromatic heterocycles. The highest BCUT2D eigenvalue weighted by Gasteiger charge is 2.20. The Kier molecular flexibility index (Phi) is 4.40. The number of piperazine rings is 1. The zero-order valence-corrected chi connectivity index (χ0v) is 13.7. The lowest BCUT2D eigenvalue weighted by molar-refractivity contribution is 0.518. The number of nitrogens with one attached hydrogen (secondary N) is 1. The van der Waals surface area contributed by atoms with Crippen LogP contribution in [-0.4, -0.2) is 46.1 Å². The van der Waals surface area contributed by atoms with Crippen molar-refractivity contribution in [1.29, 1.82) is 0 Å². The van der Waals surface area contributed by atoms with Gasteiger partial charge in [-0.1, -0.05) is 0 Å². The van der Waals surface area contributed by atoms with Crippen LogP contribution in [0.15, 0.2) is 53.7 Å². The molecule has 1 aliphatic rings. The Morgan fingerprint density at radius 3 is 2.52 bits per heavy atom. The Morgan fingerprint density at radius 1 is 0.960 bits per heavy atom. The van der Waals surface area contributed by atoms with Crippen LogP contribution in [0.5, 0.6) is 0 Å². The fourth-order valence-corrected chi connectivity index (χ4v) is 2.80. The minimum Gasteiger partial charge on any atom is -0.467 e. The Labute approximate surface area is 145 Å². The van der Waals surface area contributed by atoms with E-state index in [0.29, 0.717) is 6.54 Å². The highest BCUT2D eigenvalue weighted by Crippen LogP contribution is 2.18. The van der Waals surface area contributed by atoms with Gasteiger partial charge in [0.2, 0.25) is 5.95 Å². The van der Waals surface area contributed by atoms with Crippen LogP contribution in [0, 0.1) is 0 Å². The van der Waals surface area contributed by atoms with Gasteiger partial charge in [-0.3, -0.25) is 0 Å². The SMILES string of the molecule is c1cnc(N2CCN(c3cc(NCc4ccco4)ncn3)CC2)nc1. The van der Waals surface area contributed by atoms with E-state index in [2.05, 4.69) is 35.1 Å². The number of hydrogen-bond acceptors (Lipinski definition) is 8. The first-order chi connectivity index (χ1) is 12.4. The molecule has 0 saturated carbocycles. The van der Waals surface area contributed by atoms with E-state index in [4.69, 9.17) is 4.42 Å². The van der Waals surface area contributed by atoms with Crippen molar-refractivity contribution in [2.75, 3.05) is 41.3 Å². The number of nitrogens with zero attached hydrogens (tertiary/aromatic N) is 6. The molecule has 25 heavy (non-hydrogen) atoms. The molecule has 4 heterocycles. The van der Waals surface area contributed by atoms with Crippen LogP contribution in [0.1, 0.15) is 5.76 Å². The summed E-state index contributed by atoms with van der Waals surface area (Å²) in [6.07, 6.45) is 6.80. The van der Waals surface area contributed by atoms with Gasteiger partial charge in [0.1, 0.15) is 23.7 Å².